The molecule has 0 aromatic heterocycles. The number of allylic oxidation sites excluding steroid dienone is 1. The zero-order valence-corrected chi connectivity index (χ0v) is 20.6. The van der Waals surface area contributed by atoms with E-state index < -0.39 is 51.3 Å². The zero-order chi connectivity index (χ0) is 25.7. The van der Waals surface area contributed by atoms with Gasteiger partial charge in [-0.1, -0.05) is 54.6 Å². The Bertz CT molecular complexity index is 1260. The van der Waals surface area contributed by atoms with Crippen molar-refractivity contribution in [1.29, 1.82) is 0 Å². The molecular formula is C27H25NO7S. The van der Waals surface area contributed by atoms with Gasteiger partial charge < -0.3 is 19.5 Å². The maximum absolute atomic E-state index is 13.6. The van der Waals surface area contributed by atoms with Crippen LogP contribution >= 0.6 is 11.8 Å². The molecule has 2 aromatic rings. The molecule has 2 saturated heterocycles. The number of hydrogen-bond donors (Lipinski definition) is 1. The van der Waals surface area contributed by atoms with E-state index in [0.717, 1.165) is 5.56 Å². The van der Waals surface area contributed by atoms with Crippen LogP contribution in [0.1, 0.15) is 25.8 Å². The third-order valence-corrected chi connectivity index (χ3v) is 8.75. The third kappa shape index (κ3) is 3.69. The molecule has 0 radical (unpaired) electrons. The van der Waals surface area contributed by atoms with Crippen LogP contribution < -0.4 is 4.74 Å². The fourth-order valence-corrected chi connectivity index (χ4v) is 7.20. The van der Waals surface area contributed by atoms with E-state index in [-0.39, 0.29) is 24.4 Å². The van der Waals surface area contributed by atoms with Crippen LogP contribution in [0.3, 0.4) is 0 Å². The highest BCUT2D eigenvalue weighted by atomic mass is 32.2. The first-order valence-electron chi connectivity index (χ1n) is 11.6. The maximum atomic E-state index is 13.6. The topological polar surface area (TPSA) is 110 Å². The number of ether oxygens (including phenoxy) is 2. The van der Waals surface area contributed by atoms with Crippen LogP contribution in [0, 0.1) is 11.3 Å². The monoisotopic (exact) mass is 507 g/mol. The number of benzene rings is 2. The number of β-lactam (4-membered cyclic amide) rings is 1. The predicted molar refractivity (Wildman–Crippen MR) is 131 cm³/mol. The molecule has 1 aliphatic carbocycles. The number of carbonyl (C=O) groups excluding carboxylic acids is 3. The van der Waals surface area contributed by atoms with Gasteiger partial charge >= 0.3 is 17.9 Å². The number of fused-ring (bicyclic) bond motifs is 2. The minimum Gasteiger partial charge on any atom is -0.480 e. The Morgan fingerprint density at radius 1 is 1.06 bits per heavy atom. The molecule has 1 spiro atoms. The van der Waals surface area contributed by atoms with Gasteiger partial charge in [-0.2, -0.15) is 0 Å². The first-order valence-corrected chi connectivity index (χ1v) is 12.5. The molecule has 9 heteroatoms. The van der Waals surface area contributed by atoms with Gasteiger partial charge in [0, 0.05) is 10.3 Å². The van der Waals surface area contributed by atoms with Crippen LogP contribution in [0.15, 0.2) is 72.3 Å². The van der Waals surface area contributed by atoms with Crippen LogP contribution in [0.2, 0.25) is 0 Å². The van der Waals surface area contributed by atoms with Crippen molar-refractivity contribution < 1.29 is 33.8 Å². The fourth-order valence-electron chi connectivity index (χ4n) is 5.41. The Balaban J connectivity index is 1.46. The van der Waals surface area contributed by atoms with Crippen molar-refractivity contribution in [3.05, 3.63) is 77.9 Å². The molecule has 36 heavy (non-hydrogen) atoms. The van der Waals surface area contributed by atoms with Crippen molar-refractivity contribution >= 4 is 35.6 Å². The Morgan fingerprint density at radius 3 is 2.33 bits per heavy atom. The van der Waals surface area contributed by atoms with Crippen LogP contribution in [-0.4, -0.2) is 50.0 Å². The first-order chi connectivity index (χ1) is 17.2. The van der Waals surface area contributed by atoms with Crippen LogP contribution in [0.4, 0.5) is 0 Å². The molecule has 2 unspecified atom stereocenters. The lowest BCUT2D eigenvalue weighted by Gasteiger charge is -2.53. The first kappa shape index (κ1) is 24.1. The van der Waals surface area contributed by atoms with Gasteiger partial charge in [-0.15, -0.1) is 11.8 Å². The molecule has 2 fully saturated rings. The molecule has 186 valence electrons. The summed E-state index contributed by atoms with van der Waals surface area (Å²) in [5.74, 6) is -3.94. The summed E-state index contributed by atoms with van der Waals surface area (Å²) < 4.78 is 10.3. The summed E-state index contributed by atoms with van der Waals surface area (Å²) >= 11 is 1.34. The molecule has 3 aliphatic rings. The Hall–Kier alpha value is -3.59. The molecule has 2 aromatic carbocycles. The molecule has 2 heterocycles. The summed E-state index contributed by atoms with van der Waals surface area (Å²) in [6.45, 7) is 3.55. The van der Waals surface area contributed by atoms with Gasteiger partial charge in [-0.25, -0.2) is 9.59 Å². The van der Waals surface area contributed by atoms with Gasteiger partial charge in [0.1, 0.15) is 29.7 Å². The fraction of sp³-hybridized carbons (Fsp3) is 0.333. The molecule has 0 saturated carbocycles. The molecular weight excluding hydrogens is 482 g/mol. The Kier molecular flexibility index (Phi) is 5.90. The summed E-state index contributed by atoms with van der Waals surface area (Å²) in [6, 6.07) is 16.5. The summed E-state index contributed by atoms with van der Waals surface area (Å²) in [4.78, 5) is 53.7. The summed E-state index contributed by atoms with van der Waals surface area (Å²) in [5, 5.41) is 9.23. The Morgan fingerprint density at radius 2 is 1.69 bits per heavy atom. The van der Waals surface area contributed by atoms with Gasteiger partial charge in [0.25, 0.3) is 0 Å². The van der Waals surface area contributed by atoms with E-state index in [4.69, 9.17) is 9.47 Å². The number of carboxylic acids is 1. The van der Waals surface area contributed by atoms with Gasteiger partial charge in [-0.3, -0.25) is 9.59 Å². The van der Waals surface area contributed by atoms with E-state index in [9.17, 15) is 24.3 Å². The molecule has 4 atom stereocenters. The second-order valence-corrected chi connectivity index (χ2v) is 11.4. The smallest absolute Gasteiger partial charge is 0.334 e. The average Bonchev–Trinajstić information content (AvgIpc) is 3.39. The Labute approximate surface area is 212 Å². The number of thioether (sulfide) groups is 1. The van der Waals surface area contributed by atoms with E-state index in [1.165, 1.54) is 16.7 Å². The van der Waals surface area contributed by atoms with Crippen molar-refractivity contribution in [3.63, 3.8) is 0 Å². The van der Waals surface area contributed by atoms with E-state index in [2.05, 4.69) is 0 Å². The van der Waals surface area contributed by atoms with Crippen LogP contribution in [0.25, 0.3) is 0 Å². The molecule has 5 rings (SSSR count). The normalized spacial score (nSPS) is 27.7. The SMILES string of the molecule is CC1(C)S[C@H]2N(C(=O)C23CC=C(C(=O)OCc2ccccc2)C3C(=O)Oc2ccccc2)[C@H]1C(=O)O. The minimum absolute atomic E-state index is 0.0107. The van der Waals surface area contributed by atoms with Gasteiger partial charge in [0.05, 0.1) is 5.37 Å². The number of rotatable bonds is 6. The second-order valence-electron chi connectivity index (χ2n) is 9.66. The maximum Gasteiger partial charge on any atom is 0.334 e. The highest BCUT2D eigenvalue weighted by Crippen LogP contribution is 2.65. The molecule has 2 aliphatic heterocycles. The number of carbonyl (C=O) groups is 4. The lowest BCUT2D eigenvalue weighted by atomic mass is 9.67. The van der Waals surface area contributed by atoms with Gasteiger partial charge in [0.2, 0.25) is 5.91 Å². The summed E-state index contributed by atoms with van der Waals surface area (Å²) in [6.07, 6.45) is 1.69. The molecule has 1 amide bonds. The number of esters is 2. The van der Waals surface area contributed by atoms with E-state index in [1.54, 1.807) is 50.3 Å². The van der Waals surface area contributed by atoms with Crippen molar-refractivity contribution in [3.8, 4) is 5.75 Å². The summed E-state index contributed by atoms with van der Waals surface area (Å²) in [5.41, 5.74) is -0.457. The van der Waals surface area contributed by atoms with E-state index >= 15 is 0 Å². The number of para-hydroxylation sites is 1. The number of aliphatic carboxylic acids is 1. The number of nitrogens with zero attached hydrogens (tertiary/aromatic N) is 1. The summed E-state index contributed by atoms with van der Waals surface area (Å²) in [7, 11) is 0. The second kappa shape index (κ2) is 8.81. The van der Waals surface area contributed by atoms with Crippen molar-refractivity contribution in [2.24, 2.45) is 11.3 Å². The molecule has 0 bridgehead atoms. The molecule has 1 N–H and O–H groups in total. The van der Waals surface area contributed by atoms with Crippen LogP contribution in [0.5, 0.6) is 5.75 Å². The lowest BCUT2D eigenvalue weighted by molar-refractivity contribution is -0.181. The number of carboxylic acid groups (broad SMARTS) is 1. The molecule has 8 nitrogen and oxygen atoms in total. The van der Waals surface area contributed by atoms with Gasteiger partial charge in [-0.05, 0) is 38.0 Å². The standard InChI is InChI=1S/C27H25NO7S/c1-26(2)20(21(29)30)28-24(33)27(25(28)36-26)14-13-18(22(31)34-15-16-9-5-3-6-10-16)19(27)23(32)35-17-11-7-4-8-12-17/h3-13,19-20,25H,14-15H2,1-2H3,(H,29,30)/t19?,20-,25+,27?/m0/s1. The van der Waals surface area contributed by atoms with Gasteiger partial charge in [0.15, 0.2) is 0 Å². The highest BCUT2D eigenvalue weighted by molar-refractivity contribution is 8.01. The van der Waals surface area contributed by atoms with Crippen molar-refractivity contribution in [2.45, 2.75) is 43.0 Å². The zero-order valence-electron chi connectivity index (χ0n) is 19.7. The minimum atomic E-state index is -1.31. The van der Waals surface area contributed by atoms with Crippen molar-refractivity contribution in [2.75, 3.05) is 0 Å². The number of amides is 1. The quantitative estimate of drug-likeness (QED) is 0.360. The largest absolute Gasteiger partial charge is 0.480 e. The van der Waals surface area contributed by atoms with Crippen LogP contribution in [-0.2, 0) is 30.5 Å². The lowest BCUT2D eigenvalue weighted by Crippen LogP contribution is -2.71. The van der Waals surface area contributed by atoms with E-state index in [1.807, 2.05) is 30.3 Å². The highest BCUT2D eigenvalue weighted by Gasteiger charge is 2.76. The predicted octanol–water partition coefficient (Wildman–Crippen LogP) is 3.42. The van der Waals surface area contributed by atoms with Crippen molar-refractivity contribution in [1.82, 2.24) is 4.90 Å². The van der Waals surface area contributed by atoms with E-state index in [0.29, 0.717) is 0 Å². The number of hydrogen-bond acceptors (Lipinski definition) is 7. The average molecular weight is 508 g/mol. The third-order valence-electron chi connectivity index (χ3n) is 7.04.